The average Bonchev–Trinajstić information content (AvgIpc) is 3.91. The minimum Gasteiger partial charge on any atom is -0.459 e. The van der Waals surface area contributed by atoms with Crippen LogP contribution in [0.2, 0.25) is 0 Å². The highest BCUT2D eigenvalue weighted by molar-refractivity contribution is 5.81. The molecule has 7 unspecified atom stereocenters. The number of methoxy groups -OCH3 is 2. The van der Waals surface area contributed by atoms with Crippen molar-refractivity contribution in [2.75, 3.05) is 27.4 Å². The Balaban J connectivity index is 1.22. The Hall–Kier alpha value is -4.05. The molecule has 12 heteroatoms. The summed E-state index contributed by atoms with van der Waals surface area (Å²) >= 11 is 0. The first kappa shape index (κ1) is 43.1. The number of esters is 1. The van der Waals surface area contributed by atoms with Gasteiger partial charge in [-0.25, -0.2) is 4.79 Å². The molecular weight excluding hydrogens is 757 g/mol. The normalized spacial score (nSPS) is 31.7. The van der Waals surface area contributed by atoms with Gasteiger partial charge in [-0.2, -0.15) is 0 Å². The molecule has 2 saturated heterocycles. The van der Waals surface area contributed by atoms with E-state index >= 15 is 0 Å². The summed E-state index contributed by atoms with van der Waals surface area (Å²) in [7, 11) is 2.98. The van der Waals surface area contributed by atoms with Gasteiger partial charge in [0.15, 0.2) is 24.0 Å². The van der Waals surface area contributed by atoms with Crippen LogP contribution in [0.4, 0.5) is 0 Å². The second-order valence-corrected chi connectivity index (χ2v) is 15.3. The van der Waals surface area contributed by atoms with E-state index in [1.54, 1.807) is 7.11 Å². The minimum atomic E-state index is -1.79. The lowest BCUT2D eigenvalue weighted by molar-refractivity contribution is -0.372. The van der Waals surface area contributed by atoms with Crippen LogP contribution in [-0.4, -0.2) is 93.0 Å². The maximum Gasteiger partial charge on any atom is 0.341 e. The molecule has 3 aliphatic rings. The fourth-order valence-electron chi connectivity index (χ4n) is 8.22. The van der Waals surface area contributed by atoms with Crippen LogP contribution >= 0.6 is 0 Å². The maximum atomic E-state index is 14.4. The first-order valence-corrected chi connectivity index (χ1v) is 20.3. The summed E-state index contributed by atoms with van der Waals surface area (Å²) in [6.07, 6.45) is -5.47. The summed E-state index contributed by atoms with van der Waals surface area (Å²) in [5.41, 5.74) is 1.89. The van der Waals surface area contributed by atoms with Crippen LogP contribution < -0.4 is 0 Å². The van der Waals surface area contributed by atoms with E-state index in [0.29, 0.717) is 13.0 Å². The quantitative estimate of drug-likeness (QED) is 0.0836. The first-order chi connectivity index (χ1) is 28.8. The van der Waals surface area contributed by atoms with Crippen molar-refractivity contribution in [2.45, 2.75) is 101 Å². The fraction of sp³-hybridized carbons (Fsp3) is 0.468. The lowest BCUT2D eigenvalue weighted by Gasteiger charge is -2.49. The molecule has 7 rings (SSSR count). The number of hydrogen-bond acceptors (Lipinski definition) is 12. The maximum absolute atomic E-state index is 14.4. The zero-order chi connectivity index (χ0) is 41.2. The fourth-order valence-corrected chi connectivity index (χ4v) is 8.22. The van der Waals surface area contributed by atoms with E-state index in [4.69, 9.17) is 47.4 Å². The number of carbonyl (C=O) groups is 1. The van der Waals surface area contributed by atoms with Crippen molar-refractivity contribution in [1.29, 1.82) is 0 Å². The van der Waals surface area contributed by atoms with Crippen molar-refractivity contribution in [3.63, 3.8) is 0 Å². The van der Waals surface area contributed by atoms with Crippen molar-refractivity contribution in [3.05, 3.63) is 144 Å². The van der Waals surface area contributed by atoms with Gasteiger partial charge in [0, 0.05) is 20.1 Å². The number of carbonyl (C=O) groups excluding carboxylic acids is 1. The third kappa shape index (κ3) is 9.95. The molecule has 59 heavy (non-hydrogen) atoms. The molecule has 1 N–H and O–H groups in total. The standard InChI is InChI=1S/C47H56O12/c1-5-37-42(47(37,49)51-4)46(45(48)55-29-36-24-16-9-17-25-36)31-56-32(2)43(59-46)58-39-38(30-52-26-33-18-10-6-11-19-33)57-44(50-3)41(54-28-35-22-14-8-15-23-35)40(39)53-27-34-20-12-7-13-21-34/h6-25,32,37-44,49H,5,26-31H2,1-4H3/t32-,37?,38?,39?,40?,41?,42-,43+,44+,46?,47?/m0/s1. The van der Waals surface area contributed by atoms with Crippen molar-refractivity contribution >= 4 is 5.97 Å². The zero-order valence-corrected chi connectivity index (χ0v) is 34.1. The Morgan fingerprint density at radius 3 is 1.75 bits per heavy atom. The highest BCUT2D eigenvalue weighted by atomic mass is 16.8. The van der Waals surface area contributed by atoms with Crippen LogP contribution in [0.15, 0.2) is 121 Å². The van der Waals surface area contributed by atoms with Gasteiger partial charge in [-0.3, -0.25) is 0 Å². The molecule has 316 valence electrons. The number of aliphatic hydroxyl groups is 1. The van der Waals surface area contributed by atoms with Crippen LogP contribution in [0.1, 0.15) is 42.5 Å². The third-order valence-electron chi connectivity index (χ3n) is 11.4. The molecule has 3 fully saturated rings. The lowest BCUT2D eigenvalue weighted by atomic mass is 9.94. The van der Waals surface area contributed by atoms with E-state index in [0.717, 1.165) is 22.3 Å². The predicted octanol–water partition coefficient (Wildman–Crippen LogP) is 6.37. The van der Waals surface area contributed by atoms with E-state index < -0.39 is 72.3 Å². The van der Waals surface area contributed by atoms with Crippen LogP contribution in [0.5, 0.6) is 0 Å². The summed E-state index contributed by atoms with van der Waals surface area (Å²) in [6, 6.07) is 38.8. The zero-order valence-electron chi connectivity index (χ0n) is 34.1. The van der Waals surface area contributed by atoms with Gasteiger partial charge >= 0.3 is 5.97 Å². The van der Waals surface area contributed by atoms with E-state index in [9.17, 15) is 9.90 Å². The Kier molecular flexibility index (Phi) is 14.6. The Bertz CT molecular complexity index is 1870. The molecule has 1 aliphatic carbocycles. The number of benzene rings is 4. The van der Waals surface area contributed by atoms with E-state index in [1.165, 1.54) is 7.11 Å². The summed E-state index contributed by atoms with van der Waals surface area (Å²) in [5, 5.41) is 11.7. The van der Waals surface area contributed by atoms with Crippen LogP contribution in [-0.2, 0) is 78.6 Å². The number of ether oxygens (including phenoxy) is 10. The van der Waals surface area contributed by atoms with Gasteiger partial charge in [-0.05, 0) is 35.6 Å². The van der Waals surface area contributed by atoms with Crippen molar-refractivity contribution < 1.29 is 57.3 Å². The van der Waals surface area contributed by atoms with Crippen molar-refractivity contribution in [3.8, 4) is 0 Å². The second-order valence-electron chi connectivity index (χ2n) is 15.3. The largest absolute Gasteiger partial charge is 0.459 e. The summed E-state index contributed by atoms with van der Waals surface area (Å²) in [5.74, 6) is -3.60. The van der Waals surface area contributed by atoms with Crippen LogP contribution in [0.3, 0.4) is 0 Å². The molecule has 0 spiro atoms. The highest BCUT2D eigenvalue weighted by Crippen LogP contribution is 2.61. The molecule has 2 aliphatic heterocycles. The van der Waals surface area contributed by atoms with E-state index in [1.807, 2.05) is 135 Å². The Morgan fingerprint density at radius 1 is 0.712 bits per heavy atom. The topological polar surface area (TPSA) is 130 Å². The number of hydrogen-bond donors (Lipinski definition) is 1. The van der Waals surface area contributed by atoms with E-state index in [2.05, 4.69) is 0 Å². The molecule has 12 nitrogen and oxygen atoms in total. The van der Waals surface area contributed by atoms with Gasteiger partial charge in [0.25, 0.3) is 0 Å². The molecule has 4 aromatic carbocycles. The van der Waals surface area contributed by atoms with Gasteiger partial charge in [-0.1, -0.05) is 128 Å². The van der Waals surface area contributed by atoms with Gasteiger partial charge in [0.2, 0.25) is 0 Å². The molecule has 1 saturated carbocycles. The molecule has 0 amide bonds. The average molecular weight is 813 g/mol. The van der Waals surface area contributed by atoms with Crippen molar-refractivity contribution in [2.24, 2.45) is 11.8 Å². The summed E-state index contributed by atoms with van der Waals surface area (Å²) in [6.45, 7) is 4.41. The molecular formula is C47H56O12. The molecule has 0 aromatic heterocycles. The summed E-state index contributed by atoms with van der Waals surface area (Å²) < 4.78 is 64.2. The molecule has 4 aromatic rings. The van der Waals surface area contributed by atoms with Gasteiger partial charge < -0.3 is 52.5 Å². The Morgan fingerprint density at radius 2 is 1.24 bits per heavy atom. The van der Waals surface area contributed by atoms with Crippen LogP contribution in [0.25, 0.3) is 0 Å². The van der Waals surface area contributed by atoms with Crippen LogP contribution in [0, 0.1) is 11.8 Å². The number of rotatable bonds is 19. The first-order valence-electron chi connectivity index (χ1n) is 20.3. The summed E-state index contributed by atoms with van der Waals surface area (Å²) in [4.78, 5) is 14.4. The third-order valence-corrected chi connectivity index (χ3v) is 11.4. The second kappa shape index (κ2) is 20.0. The predicted molar refractivity (Wildman–Crippen MR) is 215 cm³/mol. The SMILES string of the molecule is CCC1[C@@H](C2(C(=O)OCc3ccccc3)CO[C@@H](C)[C@H](OC3C(COCc4ccccc4)O[C@@H](OC)C(OCc4ccccc4)C3OCc3ccccc3)O2)C1(O)OC. The molecule has 0 bridgehead atoms. The Labute approximate surface area is 346 Å². The van der Waals surface area contributed by atoms with Gasteiger partial charge in [0.05, 0.1) is 39.0 Å². The smallest absolute Gasteiger partial charge is 0.341 e. The molecule has 11 atom stereocenters. The molecule has 2 heterocycles. The monoisotopic (exact) mass is 812 g/mol. The highest BCUT2D eigenvalue weighted by Gasteiger charge is 2.77. The minimum absolute atomic E-state index is 0.00762. The van der Waals surface area contributed by atoms with Gasteiger partial charge in [-0.15, -0.1) is 0 Å². The van der Waals surface area contributed by atoms with E-state index in [-0.39, 0.29) is 33.0 Å². The molecule has 0 radical (unpaired) electrons. The lowest BCUT2D eigenvalue weighted by Crippen LogP contribution is -2.65. The van der Waals surface area contributed by atoms with Crippen molar-refractivity contribution in [1.82, 2.24) is 0 Å². The van der Waals surface area contributed by atoms with Gasteiger partial charge in [0.1, 0.15) is 37.1 Å².